The third-order valence-corrected chi connectivity index (χ3v) is 3.25. The minimum absolute atomic E-state index is 0.0137. The summed E-state index contributed by atoms with van der Waals surface area (Å²) in [5.41, 5.74) is 1.19. The highest BCUT2D eigenvalue weighted by atomic mass is 32.2. The molecule has 0 bridgehead atoms. The summed E-state index contributed by atoms with van der Waals surface area (Å²) in [5.74, 6) is -0.167. The van der Waals surface area contributed by atoms with Gasteiger partial charge < -0.3 is 0 Å². The maximum absolute atomic E-state index is 10.6. The van der Waals surface area contributed by atoms with Crippen molar-refractivity contribution in [1.82, 2.24) is 0 Å². The van der Waals surface area contributed by atoms with Crippen molar-refractivity contribution in [2.45, 2.75) is 19.8 Å². The van der Waals surface area contributed by atoms with Crippen LogP contribution < -0.4 is 0 Å². The van der Waals surface area contributed by atoms with E-state index in [-0.39, 0.29) is 11.7 Å². The van der Waals surface area contributed by atoms with Gasteiger partial charge in [-0.2, -0.15) is 8.42 Å². The average molecular weight is 228 g/mol. The fourth-order valence-electron chi connectivity index (χ4n) is 1.50. The first-order valence-corrected chi connectivity index (χ1v) is 6.57. The molecule has 0 heterocycles. The van der Waals surface area contributed by atoms with Crippen LogP contribution in [0.2, 0.25) is 0 Å². The Bertz CT molecular complexity index is 384. The van der Waals surface area contributed by atoms with Crippen LogP contribution >= 0.6 is 0 Å². The van der Waals surface area contributed by atoms with Crippen LogP contribution in [0.3, 0.4) is 0 Å². The Balaban J connectivity index is 2.38. The summed E-state index contributed by atoms with van der Waals surface area (Å²) in [6.07, 6.45) is 1.61. The van der Waals surface area contributed by atoms with Crippen molar-refractivity contribution in [3.8, 4) is 0 Å². The standard InChI is InChI=1S/C11H16O3S/c1-10(9-15(12,13)14)7-8-11-5-3-2-4-6-11/h2-6,10H,7-9H2,1H3,(H,12,13,14)/t10-/m0/s1. The highest BCUT2D eigenvalue weighted by Gasteiger charge is 2.11. The molecule has 0 saturated carbocycles. The molecule has 0 aliphatic heterocycles. The zero-order valence-corrected chi connectivity index (χ0v) is 9.57. The molecule has 4 heteroatoms. The Morgan fingerprint density at radius 3 is 2.40 bits per heavy atom. The summed E-state index contributed by atoms with van der Waals surface area (Å²) in [5, 5.41) is 0. The van der Waals surface area contributed by atoms with E-state index >= 15 is 0 Å². The molecule has 1 aromatic rings. The van der Waals surface area contributed by atoms with E-state index in [1.54, 1.807) is 0 Å². The van der Waals surface area contributed by atoms with E-state index in [9.17, 15) is 8.42 Å². The molecule has 0 aromatic heterocycles. The van der Waals surface area contributed by atoms with Gasteiger partial charge in [0.05, 0.1) is 5.75 Å². The Labute approximate surface area is 90.9 Å². The van der Waals surface area contributed by atoms with Gasteiger partial charge in [0.2, 0.25) is 0 Å². The minimum Gasteiger partial charge on any atom is -0.286 e. The summed E-state index contributed by atoms with van der Waals surface area (Å²) in [6.45, 7) is 1.83. The summed E-state index contributed by atoms with van der Waals surface area (Å²) in [7, 11) is -3.83. The molecule has 15 heavy (non-hydrogen) atoms. The Morgan fingerprint density at radius 1 is 1.27 bits per heavy atom. The van der Waals surface area contributed by atoms with Crippen LogP contribution in [0.25, 0.3) is 0 Å². The molecular formula is C11H16O3S. The summed E-state index contributed by atoms with van der Waals surface area (Å²) < 4.78 is 29.9. The van der Waals surface area contributed by atoms with Gasteiger partial charge in [0.1, 0.15) is 0 Å². The van der Waals surface area contributed by atoms with Crippen LogP contribution in [0.4, 0.5) is 0 Å². The lowest BCUT2D eigenvalue weighted by Crippen LogP contribution is -2.13. The van der Waals surface area contributed by atoms with Gasteiger partial charge in [0.25, 0.3) is 10.1 Å². The largest absolute Gasteiger partial charge is 0.286 e. The van der Waals surface area contributed by atoms with Crippen molar-refractivity contribution in [1.29, 1.82) is 0 Å². The van der Waals surface area contributed by atoms with Gasteiger partial charge in [-0.1, -0.05) is 37.3 Å². The maximum atomic E-state index is 10.6. The van der Waals surface area contributed by atoms with Crippen molar-refractivity contribution in [3.05, 3.63) is 35.9 Å². The molecular weight excluding hydrogens is 212 g/mol. The molecule has 1 rings (SSSR count). The van der Waals surface area contributed by atoms with Crippen molar-refractivity contribution in [2.24, 2.45) is 5.92 Å². The molecule has 0 saturated heterocycles. The Morgan fingerprint density at radius 2 is 1.87 bits per heavy atom. The summed E-state index contributed by atoms with van der Waals surface area (Å²) in [6, 6.07) is 9.90. The zero-order chi connectivity index (χ0) is 11.3. The molecule has 0 aliphatic rings. The lowest BCUT2D eigenvalue weighted by Gasteiger charge is -2.08. The van der Waals surface area contributed by atoms with Gasteiger partial charge in [0.15, 0.2) is 0 Å². The molecule has 3 nitrogen and oxygen atoms in total. The Kier molecular flexibility index (Phi) is 4.29. The maximum Gasteiger partial charge on any atom is 0.265 e. The van der Waals surface area contributed by atoms with E-state index in [2.05, 4.69) is 0 Å². The number of hydrogen-bond acceptors (Lipinski definition) is 2. The van der Waals surface area contributed by atoms with Crippen molar-refractivity contribution >= 4 is 10.1 Å². The first-order valence-electron chi connectivity index (χ1n) is 4.96. The van der Waals surface area contributed by atoms with Gasteiger partial charge in [-0.05, 0) is 24.3 Å². The van der Waals surface area contributed by atoms with Gasteiger partial charge in [-0.25, -0.2) is 0 Å². The van der Waals surface area contributed by atoms with E-state index in [1.165, 1.54) is 5.56 Å². The van der Waals surface area contributed by atoms with E-state index < -0.39 is 10.1 Å². The van der Waals surface area contributed by atoms with E-state index in [1.807, 2.05) is 37.3 Å². The first-order chi connectivity index (χ1) is 6.97. The summed E-state index contributed by atoms with van der Waals surface area (Å²) in [4.78, 5) is 0. The third-order valence-electron chi connectivity index (χ3n) is 2.26. The number of hydrogen-bond donors (Lipinski definition) is 1. The topological polar surface area (TPSA) is 54.4 Å². The van der Waals surface area contributed by atoms with Crippen LogP contribution in [0, 0.1) is 5.92 Å². The quantitative estimate of drug-likeness (QED) is 0.785. The lowest BCUT2D eigenvalue weighted by atomic mass is 10.0. The van der Waals surface area contributed by atoms with E-state index in [4.69, 9.17) is 4.55 Å². The normalized spacial score (nSPS) is 13.7. The molecule has 0 unspecified atom stereocenters. The number of aryl methyl sites for hydroxylation is 1. The van der Waals surface area contributed by atoms with Crippen LogP contribution in [0.1, 0.15) is 18.9 Å². The van der Waals surface area contributed by atoms with Crippen LogP contribution in [0.15, 0.2) is 30.3 Å². The second kappa shape index (κ2) is 5.28. The second-order valence-corrected chi connectivity index (χ2v) is 5.38. The number of rotatable bonds is 5. The SMILES string of the molecule is C[C@@H](CCc1ccccc1)CS(=O)(=O)O. The highest BCUT2D eigenvalue weighted by molar-refractivity contribution is 7.85. The van der Waals surface area contributed by atoms with Gasteiger partial charge >= 0.3 is 0 Å². The monoisotopic (exact) mass is 228 g/mol. The molecule has 0 aliphatic carbocycles. The van der Waals surface area contributed by atoms with Crippen LogP contribution in [-0.2, 0) is 16.5 Å². The van der Waals surface area contributed by atoms with Gasteiger partial charge in [0, 0.05) is 0 Å². The fourth-order valence-corrected chi connectivity index (χ4v) is 2.39. The molecule has 1 aromatic carbocycles. The molecule has 0 amide bonds. The fraction of sp³-hybridized carbons (Fsp3) is 0.455. The average Bonchev–Trinajstić information content (AvgIpc) is 2.14. The molecule has 84 valence electrons. The van der Waals surface area contributed by atoms with Crippen molar-refractivity contribution in [2.75, 3.05) is 5.75 Å². The lowest BCUT2D eigenvalue weighted by molar-refractivity contribution is 0.463. The molecule has 1 N–H and O–H groups in total. The van der Waals surface area contributed by atoms with Crippen LogP contribution in [-0.4, -0.2) is 18.7 Å². The number of benzene rings is 1. The molecule has 0 radical (unpaired) electrons. The van der Waals surface area contributed by atoms with Gasteiger partial charge in [-0.3, -0.25) is 4.55 Å². The third kappa shape index (κ3) is 5.54. The van der Waals surface area contributed by atoms with Crippen molar-refractivity contribution < 1.29 is 13.0 Å². The predicted octanol–water partition coefficient (Wildman–Crippen LogP) is 2.14. The predicted molar refractivity (Wildman–Crippen MR) is 60.3 cm³/mol. The highest BCUT2D eigenvalue weighted by Crippen LogP contribution is 2.10. The minimum atomic E-state index is -3.83. The zero-order valence-electron chi connectivity index (χ0n) is 8.76. The first kappa shape index (κ1) is 12.2. The van der Waals surface area contributed by atoms with Crippen molar-refractivity contribution in [3.63, 3.8) is 0 Å². The molecule has 0 spiro atoms. The van der Waals surface area contributed by atoms with E-state index in [0.717, 1.165) is 12.8 Å². The van der Waals surface area contributed by atoms with E-state index in [0.29, 0.717) is 0 Å². The molecule has 0 fully saturated rings. The molecule has 1 atom stereocenters. The summed E-state index contributed by atoms with van der Waals surface area (Å²) >= 11 is 0. The van der Waals surface area contributed by atoms with Gasteiger partial charge in [-0.15, -0.1) is 0 Å². The smallest absolute Gasteiger partial charge is 0.265 e. The second-order valence-electron chi connectivity index (χ2n) is 3.88. The Hall–Kier alpha value is -0.870. The van der Waals surface area contributed by atoms with Crippen LogP contribution in [0.5, 0.6) is 0 Å².